The molecule has 2 atom stereocenters. The Kier molecular flexibility index (Phi) is 6.58. The lowest BCUT2D eigenvalue weighted by atomic mass is 10.1. The molecule has 0 bridgehead atoms. The first-order valence-electron chi connectivity index (χ1n) is 7.71. The first-order valence-corrected chi connectivity index (χ1v) is 8.09. The Morgan fingerprint density at radius 2 is 2.00 bits per heavy atom. The van der Waals surface area contributed by atoms with Crippen LogP contribution in [0, 0.1) is 0 Å². The number of hydrogen-bond acceptors (Lipinski definition) is 3. The molecule has 0 aliphatic heterocycles. The molecule has 2 amide bonds. The molecule has 6 heteroatoms. The third kappa shape index (κ3) is 4.69. The second kappa shape index (κ2) is 8.66. The quantitative estimate of drug-likeness (QED) is 0.864. The number of carbonyl (C=O) groups is 1. The van der Waals surface area contributed by atoms with E-state index in [1.807, 2.05) is 37.3 Å². The topological polar surface area (TPSA) is 54.5 Å². The van der Waals surface area contributed by atoms with Crippen LogP contribution in [0.1, 0.15) is 30.2 Å². The van der Waals surface area contributed by atoms with Crippen LogP contribution in [0.5, 0.6) is 0 Å². The lowest BCUT2D eigenvalue weighted by Crippen LogP contribution is -2.40. The summed E-state index contributed by atoms with van der Waals surface area (Å²) in [7, 11) is 3.38. The third-order valence-electron chi connectivity index (χ3n) is 4.03. The van der Waals surface area contributed by atoms with Crippen molar-refractivity contribution in [1.82, 2.24) is 15.2 Å². The van der Waals surface area contributed by atoms with Crippen LogP contribution in [0.2, 0.25) is 5.02 Å². The molecule has 5 nitrogen and oxygen atoms in total. The van der Waals surface area contributed by atoms with E-state index in [1.54, 1.807) is 37.5 Å². The standard InChI is InChI=1S/C18H22ClN3O2/c1-13(14-7-9-20-10-8-14)22(2)18(23)21-12-17(24-3)15-5-4-6-16(19)11-15/h4-11,13,17H,12H2,1-3H3,(H,21,23)/t13-,17+/m0/s1. The number of nitrogens with one attached hydrogen (secondary N) is 1. The molecule has 0 spiro atoms. The molecule has 1 aromatic carbocycles. The minimum Gasteiger partial charge on any atom is -0.375 e. The SMILES string of the molecule is CO[C@H](CNC(=O)N(C)[C@@H](C)c1ccncc1)c1cccc(Cl)c1. The summed E-state index contributed by atoms with van der Waals surface area (Å²) in [6.45, 7) is 2.34. The highest BCUT2D eigenvalue weighted by molar-refractivity contribution is 6.30. The van der Waals surface area contributed by atoms with E-state index in [0.717, 1.165) is 11.1 Å². The molecule has 1 N–H and O–H groups in total. The van der Waals surface area contributed by atoms with Gasteiger partial charge in [0, 0.05) is 38.1 Å². The number of aromatic nitrogens is 1. The molecular weight excluding hydrogens is 326 g/mol. The lowest BCUT2D eigenvalue weighted by Gasteiger charge is -2.26. The van der Waals surface area contributed by atoms with Gasteiger partial charge >= 0.3 is 6.03 Å². The molecule has 2 aromatic rings. The highest BCUT2D eigenvalue weighted by Gasteiger charge is 2.19. The van der Waals surface area contributed by atoms with Gasteiger partial charge in [-0.15, -0.1) is 0 Å². The molecule has 0 saturated heterocycles. The van der Waals surface area contributed by atoms with Crippen molar-refractivity contribution in [3.63, 3.8) is 0 Å². The molecular formula is C18H22ClN3O2. The van der Waals surface area contributed by atoms with Crippen molar-refractivity contribution in [3.8, 4) is 0 Å². The first-order chi connectivity index (χ1) is 11.5. The fraction of sp³-hybridized carbons (Fsp3) is 0.333. The van der Waals surface area contributed by atoms with Crippen LogP contribution in [0.15, 0.2) is 48.8 Å². The van der Waals surface area contributed by atoms with Crippen molar-refractivity contribution in [2.24, 2.45) is 0 Å². The first kappa shape index (κ1) is 18.2. The number of hydrogen-bond donors (Lipinski definition) is 1. The van der Waals surface area contributed by atoms with E-state index in [1.165, 1.54) is 0 Å². The van der Waals surface area contributed by atoms with Gasteiger partial charge in [0.1, 0.15) is 0 Å². The number of methoxy groups -OCH3 is 1. The Balaban J connectivity index is 1.96. The zero-order chi connectivity index (χ0) is 17.5. The summed E-state index contributed by atoms with van der Waals surface area (Å²) in [6, 6.07) is 11.0. The van der Waals surface area contributed by atoms with E-state index in [0.29, 0.717) is 11.6 Å². The van der Waals surface area contributed by atoms with Crippen LogP contribution in [-0.2, 0) is 4.74 Å². The van der Waals surface area contributed by atoms with Crippen LogP contribution in [0.3, 0.4) is 0 Å². The van der Waals surface area contributed by atoms with E-state index < -0.39 is 0 Å². The second-order valence-electron chi connectivity index (χ2n) is 5.53. The molecule has 128 valence electrons. The molecule has 0 radical (unpaired) electrons. The Morgan fingerprint density at radius 1 is 1.29 bits per heavy atom. The summed E-state index contributed by atoms with van der Waals surface area (Å²) in [5.41, 5.74) is 1.95. The molecule has 24 heavy (non-hydrogen) atoms. The van der Waals surface area contributed by atoms with Crippen molar-refractivity contribution in [2.45, 2.75) is 19.1 Å². The van der Waals surface area contributed by atoms with E-state index in [2.05, 4.69) is 10.3 Å². The number of benzene rings is 1. The van der Waals surface area contributed by atoms with E-state index >= 15 is 0 Å². The summed E-state index contributed by atoms with van der Waals surface area (Å²) < 4.78 is 5.47. The Morgan fingerprint density at radius 3 is 2.62 bits per heavy atom. The third-order valence-corrected chi connectivity index (χ3v) is 4.27. The summed E-state index contributed by atoms with van der Waals surface area (Å²) in [5.74, 6) is 0. The van der Waals surface area contributed by atoms with Gasteiger partial charge < -0.3 is 15.0 Å². The van der Waals surface area contributed by atoms with Crippen LogP contribution in [0.25, 0.3) is 0 Å². The Hall–Kier alpha value is -2.11. The number of nitrogens with zero attached hydrogens (tertiary/aromatic N) is 2. The highest BCUT2D eigenvalue weighted by atomic mass is 35.5. The number of carbonyl (C=O) groups excluding carboxylic acids is 1. The fourth-order valence-electron chi connectivity index (χ4n) is 2.39. The number of amides is 2. The van der Waals surface area contributed by atoms with Crippen LogP contribution in [-0.4, -0.2) is 36.6 Å². The summed E-state index contributed by atoms with van der Waals surface area (Å²) in [4.78, 5) is 18.0. The normalized spacial score (nSPS) is 13.2. The maximum atomic E-state index is 12.4. The predicted octanol–water partition coefficient (Wildman–Crippen LogP) is 3.83. The van der Waals surface area contributed by atoms with Gasteiger partial charge in [-0.3, -0.25) is 4.98 Å². The van der Waals surface area contributed by atoms with Gasteiger partial charge in [-0.05, 0) is 42.3 Å². The van der Waals surface area contributed by atoms with E-state index in [-0.39, 0.29) is 18.2 Å². The number of pyridine rings is 1. The van der Waals surface area contributed by atoms with Crippen molar-refractivity contribution in [3.05, 3.63) is 64.9 Å². The minimum atomic E-state index is -0.253. The molecule has 0 unspecified atom stereocenters. The largest absolute Gasteiger partial charge is 0.375 e. The average Bonchev–Trinajstić information content (AvgIpc) is 2.61. The van der Waals surface area contributed by atoms with Gasteiger partial charge in [0.15, 0.2) is 0 Å². The summed E-state index contributed by atoms with van der Waals surface area (Å²) in [5, 5.41) is 3.55. The van der Waals surface area contributed by atoms with Gasteiger partial charge in [0.05, 0.1) is 12.1 Å². The number of rotatable bonds is 6. The number of halogens is 1. The minimum absolute atomic E-state index is 0.0554. The molecule has 1 heterocycles. The molecule has 2 rings (SSSR count). The van der Waals surface area contributed by atoms with Crippen molar-refractivity contribution in [1.29, 1.82) is 0 Å². The summed E-state index contributed by atoms with van der Waals surface area (Å²) >= 11 is 6.01. The van der Waals surface area contributed by atoms with Gasteiger partial charge in [0.2, 0.25) is 0 Å². The molecule has 0 aliphatic rings. The maximum Gasteiger partial charge on any atom is 0.317 e. The highest BCUT2D eigenvalue weighted by Crippen LogP contribution is 2.21. The van der Waals surface area contributed by atoms with Crippen molar-refractivity contribution >= 4 is 17.6 Å². The van der Waals surface area contributed by atoms with Crippen molar-refractivity contribution in [2.75, 3.05) is 20.7 Å². The fourth-order valence-corrected chi connectivity index (χ4v) is 2.59. The van der Waals surface area contributed by atoms with Gasteiger partial charge in [0.25, 0.3) is 0 Å². The zero-order valence-corrected chi connectivity index (χ0v) is 14.8. The Bertz CT molecular complexity index is 666. The molecule has 1 aromatic heterocycles. The van der Waals surface area contributed by atoms with Gasteiger partial charge in [-0.1, -0.05) is 23.7 Å². The van der Waals surface area contributed by atoms with Gasteiger partial charge in [-0.2, -0.15) is 0 Å². The Labute approximate surface area is 147 Å². The average molecular weight is 348 g/mol. The zero-order valence-electron chi connectivity index (χ0n) is 14.1. The van der Waals surface area contributed by atoms with Crippen LogP contribution >= 0.6 is 11.6 Å². The second-order valence-corrected chi connectivity index (χ2v) is 5.97. The van der Waals surface area contributed by atoms with Gasteiger partial charge in [-0.25, -0.2) is 4.79 Å². The van der Waals surface area contributed by atoms with Crippen molar-refractivity contribution < 1.29 is 9.53 Å². The van der Waals surface area contributed by atoms with Crippen LogP contribution < -0.4 is 5.32 Å². The number of urea groups is 1. The molecule has 0 fully saturated rings. The maximum absolute atomic E-state index is 12.4. The molecule has 0 saturated carbocycles. The number of ether oxygens (including phenoxy) is 1. The van der Waals surface area contributed by atoms with Crippen LogP contribution in [0.4, 0.5) is 4.79 Å². The van der Waals surface area contributed by atoms with E-state index in [9.17, 15) is 4.79 Å². The summed E-state index contributed by atoms with van der Waals surface area (Å²) in [6.07, 6.45) is 3.19. The van der Waals surface area contributed by atoms with E-state index in [4.69, 9.17) is 16.3 Å². The molecule has 0 aliphatic carbocycles. The monoisotopic (exact) mass is 347 g/mol. The predicted molar refractivity (Wildman–Crippen MR) is 95.0 cm³/mol. The lowest BCUT2D eigenvalue weighted by molar-refractivity contribution is 0.101. The smallest absolute Gasteiger partial charge is 0.317 e.